The van der Waals surface area contributed by atoms with Crippen molar-refractivity contribution in [3.05, 3.63) is 12.7 Å². The maximum atomic E-state index is 11.9. The molecule has 0 saturated heterocycles. The van der Waals surface area contributed by atoms with Gasteiger partial charge in [0.1, 0.15) is 0 Å². The van der Waals surface area contributed by atoms with Crippen LogP contribution in [-0.2, 0) is 0 Å². The highest BCUT2D eigenvalue weighted by atomic mass is 127. The minimum absolute atomic E-state index is 0. The van der Waals surface area contributed by atoms with Crippen LogP contribution in [0.4, 0.5) is 4.39 Å². The smallest absolute Gasteiger partial charge is 0.193 e. The summed E-state index contributed by atoms with van der Waals surface area (Å²) in [5.74, 6) is 0.826. The van der Waals surface area contributed by atoms with Crippen molar-refractivity contribution in [2.75, 3.05) is 33.9 Å². The van der Waals surface area contributed by atoms with Crippen LogP contribution in [0, 0.1) is 0 Å². The number of halogens is 2. The van der Waals surface area contributed by atoms with E-state index in [4.69, 9.17) is 0 Å². The van der Waals surface area contributed by atoms with Crippen LogP contribution < -0.4 is 5.32 Å². The van der Waals surface area contributed by atoms with Crippen LogP contribution in [0.5, 0.6) is 0 Å². The Morgan fingerprint density at radius 3 is 2.69 bits per heavy atom. The lowest BCUT2D eigenvalue weighted by atomic mass is 10.3. The van der Waals surface area contributed by atoms with Crippen molar-refractivity contribution in [3.8, 4) is 0 Å². The molecule has 0 heterocycles. The number of nitrogens with one attached hydrogen (secondary N) is 1. The van der Waals surface area contributed by atoms with E-state index in [-0.39, 0.29) is 30.7 Å². The van der Waals surface area contributed by atoms with E-state index < -0.39 is 0 Å². The Hall–Kier alpha value is -0.330. The van der Waals surface area contributed by atoms with Crippen molar-refractivity contribution in [3.63, 3.8) is 0 Å². The zero-order valence-corrected chi connectivity index (χ0v) is 12.5. The first kappa shape index (κ1) is 18.0. The highest BCUT2D eigenvalue weighted by molar-refractivity contribution is 14.0. The van der Waals surface area contributed by atoms with Crippen molar-refractivity contribution >= 4 is 29.9 Å². The molecule has 0 aliphatic heterocycles. The summed E-state index contributed by atoms with van der Waals surface area (Å²) < 4.78 is 11.9. The van der Waals surface area contributed by atoms with Gasteiger partial charge in [-0.15, -0.1) is 30.6 Å². The van der Waals surface area contributed by atoms with Crippen LogP contribution in [0.1, 0.15) is 19.3 Å². The first-order chi connectivity index (χ1) is 7.26. The second-order valence-corrected chi connectivity index (χ2v) is 3.37. The molecule has 0 saturated carbocycles. The molecule has 0 aromatic rings. The monoisotopic (exact) mass is 343 g/mol. The second kappa shape index (κ2) is 12.7. The zero-order valence-electron chi connectivity index (χ0n) is 10.2. The van der Waals surface area contributed by atoms with Crippen molar-refractivity contribution in [1.29, 1.82) is 0 Å². The highest BCUT2D eigenvalue weighted by Crippen LogP contribution is 1.94. The number of unbranched alkanes of at least 4 members (excludes halogenated alkanes) is 1. The summed E-state index contributed by atoms with van der Waals surface area (Å²) >= 11 is 0. The Labute approximate surface area is 115 Å². The molecule has 0 amide bonds. The summed E-state index contributed by atoms with van der Waals surface area (Å²) in [5, 5.41) is 3.11. The molecule has 3 nitrogen and oxygen atoms in total. The third kappa shape index (κ3) is 8.94. The molecular formula is C11H23FIN3. The molecule has 0 rings (SSSR count). The van der Waals surface area contributed by atoms with Crippen LogP contribution in [0.2, 0.25) is 0 Å². The number of nitrogens with zero attached hydrogens (tertiary/aromatic N) is 2. The van der Waals surface area contributed by atoms with Gasteiger partial charge >= 0.3 is 0 Å². The predicted molar refractivity (Wildman–Crippen MR) is 79.4 cm³/mol. The van der Waals surface area contributed by atoms with Gasteiger partial charge in [-0.2, -0.15) is 0 Å². The molecule has 0 aromatic carbocycles. The third-order valence-electron chi connectivity index (χ3n) is 2.07. The van der Waals surface area contributed by atoms with E-state index in [1.807, 2.05) is 18.0 Å². The van der Waals surface area contributed by atoms with Crippen LogP contribution in [-0.4, -0.2) is 44.7 Å². The molecular weight excluding hydrogens is 320 g/mol. The van der Waals surface area contributed by atoms with E-state index in [0.717, 1.165) is 25.3 Å². The van der Waals surface area contributed by atoms with Gasteiger partial charge in [-0.3, -0.25) is 9.38 Å². The van der Waals surface area contributed by atoms with Gasteiger partial charge in [0.2, 0.25) is 0 Å². The summed E-state index contributed by atoms with van der Waals surface area (Å²) in [6, 6.07) is 0. The number of allylic oxidation sites excluding steroid dienone is 1. The summed E-state index contributed by atoms with van der Waals surface area (Å²) in [7, 11) is 3.72. The van der Waals surface area contributed by atoms with E-state index >= 15 is 0 Å². The van der Waals surface area contributed by atoms with Crippen LogP contribution in [0.25, 0.3) is 0 Å². The Bertz CT molecular complexity index is 198. The molecule has 0 aliphatic rings. The molecule has 16 heavy (non-hydrogen) atoms. The van der Waals surface area contributed by atoms with Crippen LogP contribution in [0.15, 0.2) is 17.6 Å². The topological polar surface area (TPSA) is 27.6 Å². The normalized spacial score (nSPS) is 10.6. The third-order valence-corrected chi connectivity index (χ3v) is 2.07. The maximum absolute atomic E-state index is 11.9. The molecule has 0 radical (unpaired) electrons. The summed E-state index contributed by atoms with van der Waals surface area (Å²) in [5.41, 5.74) is 0. The molecule has 5 heteroatoms. The zero-order chi connectivity index (χ0) is 11.5. The molecule has 0 unspecified atom stereocenters. The van der Waals surface area contributed by atoms with E-state index in [1.165, 1.54) is 0 Å². The molecule has 0 atom stereocenters. The maximum Gasteiger partial charge on any atom is 0.193 e. The van der Waals surface area contributed by atoms with Crippen molar-refractivity contribution in [1.82, 2.24) is 10.2 Å². The number of aliphatic imine (C=N–C) groups is 1. The highest BCUT2D eigenvalue weighted by Gasteiger charge is 2.03. The van der Waals surface area contributed by atoms with E-state index in [1.54, 1.807) is 7.05 Å². The van der Waals surface area contributed by atoms with Gasteiger partial charge < -0.3 is 10.2 Å². The summed E-state index contributed by atoms with van der Waals surface area (Å²) in [4.78, 5) is 6.17. The minimum Gasteiger partial charge on any atom is -0.356 e. The van der Waals surface area contributed by atoms with Gasteiger partial charge in [0.15, 0.2) is 5.96 Å². The number of hydrogen-bond donors (Lipinski definition) is 1. The first-order valence-corrected chi connectivity index (χ1v) is 5.35. The minimum atomic E-state index is -0.288. The van der Waals surface area contributed by atoms with E-state index in [9.17, 15) is 4.39 Å². The van der Waals surface area contributed by atoms with Crippen molar-refractivity contribution < 1.29 is 4.39 Å². The van der Waals surface area contributed by atoms with Crippen LogP contribution in [0.3, 0.4) is 0 Å². The number of hydrogen-bond acceptors (Lipinski definition) is 1. The van der Waals surface area contributed by atoms with Gasteiger partial charge in [0.25, 0.3) is 0 Å². The molecule has 0 spiro atoms. The summed E-state index contributed by atoms with van der Waals surface area (Å²) in [6.45, 7) is 4.96. The fraction of sp³-hybridized carbons (Fsp3) is 0.727. The molecule has 0 fully saturated rings. The second-order valence-electron chi connectivity index (χ2n) is 3.37. The van der Waals surface area contributed by atoms with Crippen molar-refractivity contribution in [2.24, 2.45) is 4.99 Å². The van der Waals surface area contributed by atoms with Gasteiger partial charge in [0.05, 0.1) is 6.67 Å². The van der Waals surface area contributed by atoms with Gasteiger partial charge in [0, 0.05) is 27.2 Å². The molecule has 0 aromatic heterocycles. The molecule has 1 N–H and O–H groups in total. The largest absolute Gasteiger partial charge is 0.356 e. The lowest BCUT2D eigenvalue weighted by Gasteiger charge is -2.21. The fourth-order valence-corrected chi connectivity index (χ4v) is 1.23. The molecule has 96 valence electrons. The Balaban J connectivity index is 0. The van der Waals surface area contributed by atoms with Gasteiger partial charge in [-0.1, -0.05) is 6.08 Å². The molecule has 0 aliphatic carbocycles. The van der Waals surface area contributed by atoms with Crippen LogP contribution >= 0.6 is 24.0 Å². The number of guanidine groups is 1. The molecule has 0 bridgehead atoms. The Morgan fingerprint density at radius 2 is 2.19 bits per heavy atom. The average Bonchev–Trinajstić information content (AvgIpc) is 2.24. The van der Waals surface area contributed by atoms with Gasteiger partial charge in [-0.05, 0) is 19.3 Å². The number of alkyl halides is 1. The van der Waals surface area contributed by atoms with Gasteiger partial charge in [-0.25, -0.2) is 0 Å². The Morgan fingerprint density at radius 1 is 1.50 bits per heavy atom. The Kier molecular flexibility index (Phi) is 14.4. The van der Waals surface area contributed by atoms with Crippen molar-refractivity contribution in [2.45, 2.75) is 19.3 Å². The summed E-state index contributed by atoms with van der Waals surface area (Å²) in [6.07, 6.45) is 4.50. The standard InChI is InChI=1S/C11H22FN3.HI/c1-4-5-6-10-15(3)11(13-2)14-9-7-8-12;/h4H,1,5-10H2,2-3H3,(H,13,14);1H. The first-order valence-electron chi connectivity index (χ1n) is 5.35. The lowest BCUT2D eigenvalue weighted by Crippen LogP contribution is -2.39. The van der Waals surface area contributed by atoms with E-state index in [0.29, 0.717) is 13.0 Å². The predicted octanol–water partition coefficient (Wildman–Crippen LogP) is 2.44. The lowest BCUT2D eigenvalue weighted by molar-refractivity contribution is 0.449. The SMILES string of the molecule is C=CCCCN(C)C(=NC)NCCCF.I. The van der Waals surface area contributed by atoms with E-state index in [2.05, 4.69) is 16.9 Å². The quantitative estimate of drug-likeness (QED) is 0.253. The fourth-order valence-electron chi connectivity index (χ4n) is 1.23. The average molecular weight is 343 g/mol. The number of rotatable bonds is 7.